The van der Waals surface area contributed by atoms with E-state index in [-0.39, 0.29) is 17.3 Å². The maximum atomic E-state index is 12.0. The van der Waals surface area contributed by atoms with Crippen molar-refractivity contribution in [2.45, 2.75) is 25.0 Å². The van der Waals surface area contributed by atoms with Crippen LogP contribution in [0.4, 0.5) is 5.69 Å². The highest BCUT2D eigenvalue weighted by Crippen LogP contribution is 2.27. The number of aromatic nitrogens is 3. The van der Waals surface area contributed by atoms with Gasteiger partial charge in [-0.2, -0.15) is 0 Å². The molecular weight excluding hydrogens is 340 g/mol. The molecule has 23 heavy (non-hydrogen) atoms. The van der Waals surface area contributed by atoms with Gasteiger partial charge in [0.15, 0.2) is 5.16 Å². The van der Waals surface area contributed by atoms with Gasteiger partial charge in [0.1, 0.15) is 5.75 Å². The Kier molecular flexibility index (Phi) is 6.12. The fourth-order valence-electron chi connectivity index (χ4n) is 1.91. The number of hydrogen-bond acceptors (Lipinski definition) is 5. The molecule has 1 amide bonds. The lowest BCUT2D eigenvalue weighted by molar-refractivity contribution is -0.113. The number of ether oxygens (including phenoxy) is 1. The molecule has 124 valence electrons. The Hall–Kier alpha value is -1.93. The Morgan fingerprint density at radius 2 is 2.30 bits per heavy atom. The molecule has 0 unspecified atom stereocenters. The summed E-state index contributed by atoms with van der Waals surface area (Å²) in [5.41, 5.74) is 0.311. The molecule has 0 spiro atoms. The van der Waals surface area contributed by atoms with E-state index < -0.39 is 0 Å². The lowest BCUT2D eigenvalue weighted by atomic mass is 10.3. The van der Waals surface area contributed by atoms with E-state index in [9.17, 15) is 9.59 Å². The molecule has 2 rings (SSSR count). The van der Waals surface area contributed by atoms with Crippen LogP contribution in [0.3, 0.4) is 0 Å². The van der Waals surface area contributed by atoms with E-state index in [1.165, 1.54) is 23.4 Å². The average Bonchev–Trinajstić information content (AvgIpc) is 2.87. The molecule has 9 heteroatoms. The highest BCUT2D eigenvalue weighted by atomic mass is 35.5. The van der Waals surface area contributed by atoms with Crippen LogP contribution in [0.15, 0.2) is 28.2 Å². The molecule has 0 atom stereocenters. The second kappa shape index (κ2) is 8.07. The third-order valence-corrected chi connectivity index (χ3v) is 4.21. The summed E-state index contributed by atoms with van der Waals surface area (Å²) in [5, 5.41) is 9.97. The van der Waals surface area contributed by atoms with E-state index in [4.69, 9.17) is 16.3 Å². The Morgan fingerprint density at radius 3 is 2.96 bits per heavy atom. The van der Waals surface area contributed by atoms with Crippen LogP contribution < -0.4 is 15.7 Å². The molecule has 0 fully saturated rings. The van der Waals surface area contributed by atoms with E-state index in [0.29, 0.717) is 28.2 Å². The van der Waals surface area contributed by atoms with Crippen LogP contribution in [0.1, 0.15) is 13.3 Å². The molecular formula is C14H17ClN4O3S. The highest BCUT2D eigenvalue weighted by molar-refractivity contribution is 7.99. The summed E-state index contributed by atoms with van der Waals surface area (Å²) in [6, 6.07) is 5.00. The number of thioether (sulfide) groups is 1. The molecule has 0 bridgehead atoms. The van der Waals surface area contributed by atoms with E-state index in [2.05, 4.69) is 15.5 Å². The maximum Gasteiger partial charge on any atom is 0.343 e. The Morgan fingerprint density at radius 1 is 1.52 bits per heavy atom. The molecule has 2 aromatic rings. The number of rotatable bonds is 7. The summed E-state index contributed by atoms with van der Waals surface area (Å²) in [7, 11) is 1.52. The first-order valence-electron chi connectivity index (χ1n) is 6.96. The molecule has 0 aliphatic carbocycles. The average molecular weight is 357 g/mol. The minimum Gasteiger partial charge on any atom is -0.495 e. The van der Waals surface area contributed by atoms with Gasteiger partial charge >= 0.3 is 5.69 Å². The minimum atomic E-state index is -0.267. The second-order valence-electron chi connectivity index (χ2n) is 4.65. The number of aromatic amines is 1. The second-order valence-corrected chi connectivity index (χ2v) is 6.00. The minimum absolute atomic E-state index is 0.137. The van der Waals surface area contributed by atoms with Crippen LogP contribution in [-0.4, -0.2) is 33.5 Å². The summed E-state index contributed by atoms with van der Waals surface area (Å²) in [6.45, 7) is 2.53. The molecule has 0 aliphatic heterocycles. The van der Waals surface area contributed by atoms with Gasteiger partial charge in [-0.3, -0.25) is 9.36 Å². The van der Waals surface area contributed by atoms with Gasteiger partial charge in [0.25, 0.3) is 0 Å². The normalized spacial score (nSPS) is 10.6. The quantitative estimate of drug-likeness (QED) is 0.743. The highest BCUT2D eigenvalue weighted by Gasteiger charge is 2.11. The topological polar surface area (TPSA) is 89.0 Å². The fourth-order valence-corrected chi connectivity index (χ4v) is 2.94. The number of carbonyl (C=O) groups excluding carboxylic acids is 1. The van der Waals surface area contributed by atoms with Crippen molar-refractivity contribution >= 4 is 35.0 Å². The first-order valence-corrected chi connectivity index (χ1v) is 8.33. The smallest absolute Gasteiger partial charge is 0.343 e. The van der Waals surface area contributed by atoms with Crippen molar-refractivity contribution in [2.24, 2.45) is 0 Å². The van der Waals surface area contributed by atoms with Gasteiger partial charge in [-0.25, -0.2) is 9.89 Å². The zero-order chi connectivity index (χ0) is 16.8. The maximum absolute atomic E-state index is 12.0. The number of H-pyrrole nitrogens is 1. The molecule has 0 saturated heterocycles. The van der Waals surface area contributed by atoms with Crippen LogP contribution in [-0.2, 0) is 11.3 Å². The van der Waals surface area contributed by atoms with Crippen LogP contribution >= 0.6 is 23.4 Å². The summed E-state index contributed by atoms with van der Waals surface area (Å²) in [5.74, 6) is 0.464. The Bertz CT molecular complexity index is 744. The lowest BCUT2D eigenvalue weighted by Gasteiger charge is -2.08. The number of halogens is 1. The summed E-state index contributed by atoms with van der Waals surface area (Å²) in [4.78, 5) is 23.6. The van der Waals surface area contributed by atoms with E-state index in [0.717, 1.165) is 6.42 Å². The molecule has 1 heterocycles. The third-order valence-electron chi connectivity index (χ3n) is 2.94. The van der Waals surface area contributed by atoms with Gasteiger partial charge in [0, 0.05) is 12.2 Å². The number of hydrogen-bond donors (Lipinski definition) is 2. The molecule has 0 aliphatic rings. The number of methoxy groups -OCH3 is 1. The summed E-state index contributed by atoms with van der Waals surface area (Å²) >= 11 is 7.21. The van der Waals surface area contributed by atoms with Crippen molar-refractivity contribution in [3.63, 3.8) is 0 Å². The van der Waals surface area contributed by atoms with Crippen molar-refractivity contribution in [3.8, 4) is 5.75 Å². The number of amides is 1. The number of benzene rings is 1. The fraction of sp³-hybridized carbons (Fsp3) is 0.357. The standard InChI is InChI=1S/C14H17ClN4O3S/c1-3-6-19-13(21)17-18-14(19)23-8-12(20)16-9-4-5-11(22-2)10(15)7-9/h4-5,7H,3,6,8H2,1-2H3,(H,16,20)(H,17,21). The Labute approximate surface area is 142 Å². The van der Waals surface area contributed by atoms with Crippen molar-refractivity contribution in [1.29, 1.82) is 0 Å². The van der Waals surface area contributed by atoms with E-state index in [1.54, 1.807) is 18.2 Å². The van der Waals surface area contributed by atoms with Gasteiger partial charge in [0.2, 0.25) is 5.91 Å². The van der Waals surface area contributed by atoms with Crippen LogP contribution in [0, 0.1) is 0 Å². The van der Waals surface area contributed by atoms with E-state index >= 15 is 0 Å². The Balaban J connectivity index is 1.95. The van der Waals surface area contributed by atoms with Crippen LogP contribution in [0.2, 0.25) is 5.02 Å². The predicted octanol–water partition coefficient (Wildman–Crippen LogP) is 2.37. The van der Waals surface area contributed by atoms with Crippen molar-refractivity contribution in [3.05, 3.63) is 33.7 Å². The third kappa shape index (κ3) is 4.52. The molecule has 7 nitrogen and oxygen atoms in total. The molecule has 0 saturated carbocycles. The first kappa shape index (κ1) is 17.4. The monoisotopic (exact) mass is 356 g/mol. The van der Waals surface area contributed by atoms with Gasteiger partial charge < -0.3 is 10.1 Å². The SMILES string of the molecule is CCCn1c(SCC(=O)Nc2ccc(OC)c(Cl)c2)n[nH]c1=O. The van der Waals surface area contributed by atoms with Gasteiger partial charge in [0.05, 0.1) is 17.9 Å². The zero-order valence-electron chi connectivity index (χ0n) is 12.8. The zero-order valence-corrected chi connectivity index (χ0v) is 14.3. The molecule has 1 aromatic carbocycles. The van der Waals surface area contributed by atoms with Crippen LogP contribution in [0.5, 0.6) is 5.75 Å². The first-order chi connectivity index (χ1) is 11.0. The van der Waals surface area contributed by atoms with Gasteiger partial charge in [-0.1, -0.05) is 30.3 Å². The number of nitrogens with zero attached hydrogens (tertiary/aromatic N) is 2. The molecule has 1 aromatic heterocycles. The predicted molar refractivity (Wildman–Crippen MR) is 90.5 cm³/mol. The number of nitrogens with one attached hydrogen (secondary N) is 2. The summed E-state index contributed by atoms with van der Waals surface area (Å²) < 4.78 is 6.57. The molecule has 2 N–H and O–H groups in total. The number of carbonyl (C=O) groups is 1. The molecule has 0 radical (unpaired) electrons. The van der Waals surface area contributed by atoms with Crippen LogP contribution in [0.25, 0.3) is 0 Å². The number of anilines is 1. The van der Waals surface area contributed by atoms with Gasteiger partial charge in [-0.05, 0) is 24.6 Å². The largest absolute Gasteiger partial charge is 0.495 e. The summed E-state index contributed by atoms with van der Waals surface area (Å²) in [6.07, 6.45) is 0.809. The van der Waals surface area contributed by atoms with Crippen molar-refractivity contribution in [2.75, 3.05) is 18.2 Å². The van der Waals surface area contributed by atoms with E-state index in [1.807, 2.05) is 6.92 Å². The van der Waals surface area contributed by atoms with Gasteiger partial charge in [-0.15, -0.1) is 5.10 Å². The lowest BCUT2D eigenvalue weighted by Crippen LogP contribution is -2.18. The van der Waals surface area contributed by atoms with Crippen molar-refractivity contribution < 1.29 is 9.53 Å². The van der Waals surface area contributed by atoms with Crippen molar-refractivity contribution in [1.82, 2.24) is 14.8 Å².